The Kier molecular flexibility index (Phi) is 7.70. The Bertz CT molecular complexity index is 1220. The van der Waals surface area contributed by atoms with Gasteiger partial charge < -0.3 is 19.2 Å². The summed E-state index contributed by atoms with van der Waals surface area (Å²) in [5.74, 6) is 3.03. The molecule has 8 heteroatoms. The number of nitrogens with one attached hydrogen (secondary N) is 1. The van der Waals surface area contributed by atoms with Gasteiger partial charge in [-0.1, -0.05) is 42.1 Å². The Morgan fingerprint density at radius 1 is 1.09 bits per heavy atom. The Morgan fingerprint density at radius 3 is 2.82 bits per heavy atom. The van der Waals surface area contributed by atoms with Crippen LogP contribution in [0.4, 0.5) is 0 Å². The zero-order valence-corrected chi connectivity index (χ0v) is 20.0. The van der Waals surface area contributed by atoms with Gasteiger partial charge in [0.2, 0.25) is 0 Å². The topological polar surface area (TPSA) is 73.6 Å². The van der Waals surface area contributed by atoms with Crippen LogP contribution in [0.2, 0.25) is 0 Å². The number of rotatable bonds is 10. The number of amides is 1. The molecule has 0 aliphatic rings. The molecule has 2 aromatic carbocycles. The van der Waals surface area contributed by atoms with Crippen LogP contribution in [0.5, 0.6) is 11.5 Å². The van der Waals surface area contributed by atoms with Crippen LogP contribution in [0.25, 0.3) is 11.3 Å². The van der Waals surface area contributed by atoms with E-state index < -0.39 is 0 Å². The van der Waals surface area contributed by atoms with E-state index in [4.69, 9.17) is 18.9 Å². The van der Waals surface area contributed by atoms with E-state index in [0.29, 0.717) is 24.5 Å². The van der Waals surface area contributed by atoms with E-state index in [0.717, 1.165) is 38.4 Å². The van der Waals surface area contributed by atoms with Crippen LogP contribution in [0.15, 0.2) is 74.8 Å². The number of methoxy groups -OCH3 is 2. The number of hydrogen-bond acceptors (Lipinski definition) is 7. The minimum absolute atomic E-state index is 0.226. The highest BCUT2D eigenvalue weighted by atomic mass is 32.2. The third kappa shape index (κ3) is 5.97. The van der Waals surface area contributed by atoms with Gasteiger partial charge in [-0.25, -0.2) is 4.98 Å². The lowest BCUT2D eigenvalue weighted by molar-refractivity contribution is 0.0925. The lowest BCUT2D eigenvalue weighted by Gasteiger charge is -2.08. The average molecular weight is 481 g/mol. The molecule has 0 aliphatic carbocycles. The molecule has 0 aliphatic heterocycles. The van der Waals surface area contributed by atoms with Crippen molar-refractivity contribution >= 4 is 29.0 Å². The van der Waals surface area contributed by atoms with Gasteiger partial charge in [0.15, 0.2) is 10.1 Å². The van der Waals surface area contributed by atoms with E-state index in [1.165, 1.54) is 0 Å². The molecule has 0 spiro atoms. The van der Waals surface area contributed by atoms with Crippen molar-refractivity contribution in [3.63, 3.8) is 0 Å². The number of carbonyl (C=O) groups excluding carboxylic acids is 1. The van der Waals surface area contributed by atoms with E-state index >= 15 is 0 Å². The van der Waals surface area contributed by atoms with Crippen LogP contribution >= 0.6 is 23.1 Å². The first-order valence-corrected chi connectivity index (χ1v) is 12.2. The van der Waals surface area contributed by atoms with Crippen molar-refractivity contribution in [1.82, 2.24) is 10.3 Å². The Hall–Kier alpha value is -3.23. The quantitative estimate of drug-likeness (QED) is 0.294. The van der Waals surface area contributed by atoms with Gasteiger partial charge in [0.1, 0.15) is 17.3 Å². The van der Waals surface area contributed by atoms with Crippen LogP contribution in [-0.2, 0) is 12.2 Å². The largest absolute Gasteiger partial charge is 0.497 e. The third-order valence-electron chi connectivity index (χ3n) is 4.94. The van der Waals surface area contributed by atoms with Crippen LogP contribution in [0, 0.1) is 0 Å². The number of nitrogens with zero attached hydrogens (tertiary/aromatic N) is 1. The summed E-state index contributed by atoms with van der Waals surface area (Å²) < 4.78 is 17.3. The third-order valence-corrected chi connectivity index (χ3v) is 6.99. The molecule has 0 bridgehead atoms. The fourth-order valence-corrected chi connectivity index (χ4v) is 4.99. The van der Waals surface area contributed by atoms with E-state index in [1.54, 1.807) is 43.4 Å². The Morgan fingerprint density at radius 2 is 1.97 bits per heavy atom. The molecule has 33 heavy (non-hydrogen) atoms. The SMILES string of the molecule is COc1cccc(-c2csc(SCc3ccc(C(=O)NCCc4ccccc4OC)o3)n2)c1. The van der Waals surface area contributed by atoms with Crippen LogP contribution in [0.1, 0.15) is 21.9 Å². The maximum Gasteiger partial charge on any atom is 0.287 e. The zero-order valence-electron chi connectivity index (χ0n) is 18.4. The summed E-state index contributed by atoms with van der Waals surface area (Å²) in [4.78, 5) is 17.1. The van der Waals surface area contributed by atoms with Gasteiger partial charge in [-0.3, -0.25) is 4.79 Å². The minimum Gasteiger partial charge on any atom is -0.497 e. The predicted molar refractivity (Wildman–Crippen MR) is 131 cm³/mol. The molecule has 4 rings (SSSR count). The molecule has 1 amide bonds. The highest BCUT2D eigenvalue weighted by molar-refractivity contribution is 8.00. The van der Waals surface area contributed by atoms with E-state index in [9.17, 15) is 4.79 Å². The normalized spacial score (nSPS) is 10.7. The number of ether oxygens (including phenoxy) is 2. The predicted octanol–water partition coefficient (Wildman–Crippen LogP) is 5.69. The molecule has 170 valence electrons. The second kappa shape index (κ2) is 11.1. The number of thiazole rings is 1. The van der Waals surface area contributed by atoms with Gasteiger partial charge in [-0.2, -0.15) is 0 Å². The second-order valence-electron chi connectivity index (χ2n) is 7.10. The molecule has 2 heterocycles. The second-order valence-corrected chi connectivity index (χ2v) is 9.18. The summed E-state index contributed by atoms with van der Waals surface area (Å²) in [6.07, 6.45) is 0.679. The fourth-order valence-electron chi connectivity index (χ4n) is 3.26. The molecule has 0 fully saturated rings. The van der Waals surface area contributed by atoms with Crippen molar-refractivity contribution in [2.45, 2.75) is 16.5 Å². The number of hydrogen-bond donors (Lipinski definition) is 1. The van der Waals surface area contributed by atoms with Crippen molar-refractivity contribution in [2.75, 3.05) is 20.8 Å². The summed E-state index contributed by atoms with van der Waals surface area (Å²) in [7, 11) is 3.30. The van der Waals surface area contributed by atoms with Gasteiger partial charge in [0.25, 0.3) is 5.91 Å². The first-order valence-electron chi connectivity index (χ1n) is 10.4. The minimum atomic E-state index is -0.226. The molecular formula is C25H24N2O4S2. The van der Waals surface area contributed by atoms with Gasteiger partial charge in [0, 0.05) is 17.5 Å². The summed E-state index contributed by atoms with van der Waals surface area (Å²) >= 11 is 3.16. The number of aromatic nitrogens is 1. The first kappa shape index (κ1) is 22.9. The van der Waals surface area contributed by atoms with Crippen molar-refractivity contribution in [1.29, 1.82) is 0 Å². The lowest BCUT2D eigenvalue weighted by Crippen LogP contribution is -2.25. The highest BCUT2D eigenvalue weighted by Gasteiger charge is 2.13. The zero-order chi connectivity index (χ0) is 23.0. The number of benzene rings is 2. The van der Waals surface area contributed by atoms with Crippen LogP contribution < -0.4 is 14.8 Å². The lowest BCUT2D eigenvalue weighted by atomic mass is 10.1. The van der Waals surface area contributed by atoms with Crippen molar-refractivity contribution in [2.24, 2.45) is 0 Å². The molecule has 0 saturated heterocycles. The van der Waals surface area contributed by atoms with E-state index in [1.807, 2.05) is 60.0 Å². The number of para-hydroxylation sites is 1. The van der Waals surface area contributed by atoms with Crippen LogP contribution in [-0.4, -0.2) is 31.7 Å². The van der Waals surface area contributed by atoms with Gasteiger partial charge in [0.05, 0.1) is 25.7 Å². The maximum atomic E-state index is 12.4. The molecule has 0 atom stereocenters. The molecule has 6 nitrogen and oxygen atoms in total. The number of thioether (sulfide) groups is 1. The number of carbonyl (C=O) groups is 1. The average Bonchev–Trinajstić information content (AvgIpc) is 3.53. The molecule has 0 radical (unpaired) electrons. The van der Waals surface area contributed by atoms with E-state index in [-0.39, 0.29) is 5.91 Å². The molecule has 4 aromatic rings. The summed E-state index contributed by atoms with van der Waals surface area (Å²) in [5, 5.41) is 4.93. The van der Waals surface area contributed by atoms with Gasteiger partial charge >= 0.3 is 0 Å². The molecule has 2 aromatic heterocycles. The first-order chi connectivity index (χ1) is 16.2. The molecular weight excluding hydrogens is 456 g/mol. The monoisotopic (exact) mass is 480 g/mol. The van der Waals surface area contributed by atoms with Crippen molar-refractivity contribution in [3.8, 4) is 22.8 Å². The van der Waals surface area contributed by atoms with E-state index in [2.05, 4.69) is 5.32 Å². The Balaban J connectivity index is 1.28. The molecule has 0 unspecified atom stereocenters. The fraction of sp³-hybridized carbons (Fsp3) is 0.200. The number of furan rings is 1. The Labute approximate surface area is 201 Å². The summed E-state index contributed by atoms with van der Waals surface area (Å²) in [6.45, 7) is 0.496. The van der Waals surface area contributed by atoms with Crippen molar-refractivity contribution < 1.29 is 18.7 Å². The molecule has 0 saturated carbocycles. The smallest absolute Gasteiger partial charge is 0.287 e. The summed E-state index contributed by atoms with van der Waals surface area (Å²) in [6, 6.07) is 19.2. The maximum absolute atomic E-state index is 12.4. The van der Waals surface area contributed by atoms with Crippen molar-refractivity contribution in [3.05, 3.63) is 83.1 Å². The standard InChI is InChI=1S/C25H24N2O4S2/c1-29-19-8-5-7-18(14-19)21-16-33-25(27-21)32-15-20-10-11-23(31-20)24(28)26-13-12-17-6-3-4-9-22(17)30-2/h3-11,14,16H,12-13,15H2,1-2H3,(H,26,28). The van der Waals surface area contributed by atoms with Gasteiger partial charge in [-0.15, -0.1) is 11.3 Å². The van der Waals surface area contributed by atoms with Crippen LogP contribution in [0.3, 0.4) is 0 Å². The molecule has 1 N–H and O–H groups in total. The highest BCUT2D eigenvalue weighted by Crippen LogP contribution is 2.31. The van der Waals surface area contributed by atoms with Gasteiger partial charge in [-0.05, 0) is 42.3 Å². The summed E-state index contributed by atoms with van der Waals surface area (Å²) in [5.41, 5.74) is 2.98.